The van der Waals surface area contributed by atoms with Gasteiger partial charge in [-0.15, -0.1) is 11.8 Å². The van der Waals surface area contributed by atoms with Crippen LogP contribution < -0.4 is 14.8 Å². The number of hydrogen-bond acceptors (Lipinski definition) is 6. The van der Waals surface area contributed by atoms with Crippen LogP contribution in [0.2, 0.25) is 0 Å². The van der Waals surface area contributed by atoms with Crippen molar-refractivity contribution in [2.45, 2.75) is 50.5 Å². The Labute approximate surface area is 174 Å². The highest BCUT2D eigenvalue weighted by Gasteiger charge is 2.36. The number of fused-ring (bicyclic) bond motifs is 2. The van der Waals surface area contributed by atoms with E-state index in [-0.39, 0.29) is 29.6 Å². The maximum atomic E-state index is 12.5. The van der Waals surface area contributed by atoms with E-state index in [0.29, 0.717) is 12.4 Å². The molecule has 1 amide bonds. The summed E-state index contributed by atoms with van der Waals surface area (Å²) in [6.45, 7) is 7.19. The monoisotopic (exact) mass is 415 g/mol. The summed E-state index contributed by atoms with van der Waals surface area (Å²) in [4.78, 5) is 12.5. The normalized spacial score (nSPS) is 25.3. The second-order valence-corrected chi connectivity index (χ2v) is 9.49. The molecule has 0 unspecified atom stereocenters. The fraction of sp³-hybridized carbons (Fsp3) is 0.524. The lowest BCUT2D eigenvalue weighted by molar-refractivity contribution is -0.113. The predicted molar refractivity (Wildman–Crippen MR) is 111 cm³/mol. The number of benzene rings is 1. The summed E-state index contributed by atoms with van der Waals surface area (Å²) in [6.07, 6.45) is 1.74. The number of aryl methyl sites for hydroxylation is 1. The maximum absolute atomic E-state index is 12.5. The van der Waals surface area contributed by atoms with E-state index in [1.54, 1.807) is 11.8 Å². The van der Waals surface area contributed by atoms with E-state index in [2.05, 4.69) is 25.2 Å². The van der Waals surface area contributed by atoms with Crippen LogP contribution in [0.3, 0.4) is 0 Å². The van der Waals surface area contributed by atoms with Gasteiger partial charge in [-0.05, 0) is 51.3 Å². The van der Waals surface area contributed by atoms with Gasteiger partial charge >= 0.3 is 0 Å². The molecule has 1 aromatic carbocycles. The van der Waals surface area contributed by atoms with E-state index < -0.39 is 0 Å². The fourth-order valence-corrected chi connectivity index (χ4v) is 5.60. The van der Waals surface area contributed by atoms with E-state index in [9.17, 15) is 4.79 Å². The Hall–Kier alpha value is -2.19. The summed E-state index contributed by atoms with van der Waals surface area (Å²) in [5, 5.41) is 8.02. The van der Waals surface area contributed by atoms with Crippen molar-refractivity contribution < 1.29 is 19.0 Å². The van der Waals surface area contributed by atoms with Crippen LogP contribution in [0.5, 0.6) is 11.5 Å². The van der Waals surface area contributed by atoms with Crippen LogP contribution in [0.1, 0.15) is 54.8 Å². The molecule has 0 aliphatic carbocycles. The van der Waals surface area contributed by atoms with E-state index in [0.717, 1.165) is 47.0 Å². The number of rotatable bonds is 2. The lowest BCUT2D eigenvalue weighted by Gasteiger charge is -2.36. The van der Waals surface area contributed by atoms with Crippen molar-refractivity contribution in [1.29, 1.82) is 0 Å². The fourth-order valence-electron chi connectivity index (χ4n) is 4.42. The zero-order valence-corrected chi connectivity index (χ0v) is 17.7. The van der Waals surface area contributed by atoms with Crippen molar-refractivity contribution in [3.05, 3.63) is 35.0 Å². The average Bonchev–Trinajstić information content (AvgIpc) is 3.21. The average molecular weight is 416 g/mol. The highest BCUT2D eigenvalue weighted by Crippen LogP contribution is 2.47. The number of hydrogen-bond donors (Lipinski definition) is 1. The number of anilines is 1. The molecule has 1 aromatic heterocycles. The van der Waals surface area contributed by atoms with Crippen LogP contribution in [-0.4, -0.2) is 40.4 Å². The Kier molecular flexibility index (Phi) is 4.51. The molecular formula is C21H25N3O4S. The van der Waals surface area contributed by atoms with Crippen molar-refractivity contribution in [2.75, 3.05) is 24.5 Å². The Balaban J connectivity index is 1.58. The number of carbonyl (C=O) groups is 1. The highest BCUT2D eigenvalue weighted by atomic mass is 32.2. The lowest BCUT2D eigenvalue weighted by atomic mass is 9.94. The van der Waals surface area contributed by atoms with Crippen molar-refractivity contribution in [1.82, 2.24) is 9.78 Å². The predicted octanol–water partition coefficient (Wildman–Crippen LogP) is 3.83. The van der Waals surface area contributed by atoms with Gasteiger partial charge in [-0.1, -0.05) is 6.07 Å². The minimum absolute atomic E-state index is 0.0000470. The molecule has 3 aliphatic heterocycles. The molecule has 3 aliphatic rings. The minimum Gasteiger partial charge on any atom is -0.454 e. The van der Waals surface area contributed by atoms with Crippen molar-refractivity contribution >= 4 is 23.5 Å². The van der Waals surface area contributed by atoms with Gasteiger partial charge in [0.25, 0.3) is 0 Å². The first-order valence-electron chi connectivity index (χ1n) is 9.95. The summed E-state index contributed by atoms with van der Waals surface area (Å²) in [6, 6.07) is 6.22. The Morgan fingerprint density at radius 3 is 2.93 bits per heavy atom. The molecule has 2 atom stereocenters. The molecule has 7 nitrogen and oxygen atoms in total. The van der Waals surface area contributed by atoms with E-state index in [1.165, 1.54) is 0 Å². The first kappa shape index (κ1) is 18.8. The summed E-state index contributed by atoms with van der Waals surface area (Å²) in [5.74, 6) is 2.74. The van der Waals surface area contributed by atoms with Crippen LogP contribution in [0.25, 0.3) is 0 Å². The lowest BCUT2D eigenvalue weighted by Crippen LogP contribution is -2.36. The molecule has 0 spiro atoms. The summed E-state index contributed by atoms with van der Waals surface area (Å²) < 4.78 is 18.9. The molecule has 0 bridgehead atoms. The third-order valence-corrected chi connectivity index (χ3v) is 7.02. The summed E-state index contributed by atoms with van der Waals surface area (Å²) >= 11 is 1.62. The van der Waals surface area contributed by atoms with Gasteiger partial charge in [0.15, 0.2) is 11.5 Å². The molecule has 0 radical (unpaired) electrons. The van der Waals surface area contributed by atoms with E-state index in [4.69, 9.17) is 19.3 Å². The third kappa shape index (κ3) is 3.38. The SMILES string of the molecule is Cc1nn([C@H]2CCOC(C)(C)C2)c2c1[C@H](c1ccc3c(c1)OCO3)SCC(=O)N2. The molecule has 2 aromatic rings. The Bertz CT molecular complexity index is 971. The molecular weight excluding hydrogens is 390 g/mol. The molecule has 154 valence electrons. The molecule has 1 saturated heterocycles. The standard InChI is InChI=1S/C21H25N3O4S/c1-12-18-19(13-4-5-15-16(8-13)27-11-26-15)29-10-17(25)22-20(18)24(23-12)14-6-7-28-21(2,3)9-14/h4-5,8,14,19H,6-7,9-11H2,1-3H3,(H,22,25)/t14-,19-/m0/s1. The maximum Gasteiger partial charge on any atom is 0.235 e. The topological polar surface area (TPSA) is 74.6 Å². The Morgan fingerprint density at radius 1 is 1.28 bits per heavy atom. The number of aromatic nitrogens is 2. The molecule has 4 heterocycles. The number of nitrogens with zero attached hydrogens (tertiary/aromatic N) is 2. The molecule has 29 heavy (non-hydrogen) atoms. The van der Waals surface area contributed by atoms with Crippen LogP contribution in [0, 0.1) is 6.92 Å². The van der Waals surface area contributed by atoms with Gasteiger partial charge in [-0.3, -0.25) is 4.79 Å². The number of carbonyl (C=O) groups excluding carboxylic acids is 1. The molecule has 5 rings (SSSR count). The van der Waals surface area contributed by atoms with Gasteiger partial charge in [0.05, 0.1) is 28.3 Å². The number of amides is 1. The van der Waals surface area contributed by atoms with Gasteiger partial charge in [0.1, 0.15) is 5.82 Å². The van der Waals surface area contributed by atoms with Crippen molar-refractivity contribution in [3.63, 3.8) is 0 Å². The van der Waals surface area contributed by atoms with Crippen LogP contribution >= 0.6 is 11.8 Å². The second-order valence-electron chi connectivity index (χ2n) is 8.40. The summed E-state index contributed by atoms with van der Waals surface area (Å²) in [5.41, 5.74) is 2.91. The first-order chi connectivity index (χ1) is 13.9. The molecule has 1 fully saturated rings. The van der Waals surface area contributed by atoms with Crippen LogP contribution in [-0.2, 0) is 9.53 Å². The summed E-state index contributed by atoms with van der Waals surface area (Å²) in [7, 11) is 0. The number of ether oxygens (including phenoxy) is 3. The highest BCUT2D eigenvalue weighted by molar-refractivity contribution is 8.00. The van der Waals surface area contributed by atoms with Gasteiger partial charge in [0, 0.05) is 12.2 Å². The molecule has 1 N–H and O–H groups in total. The van der Waals surface area contributed by atoms with Crippen molar-refractivity contribution in [2.24, 2.45) is 0 Å². The zero-order chi connectivity index (χ0) is 20.2. The van der Waals surface area contributed by atoms with Crippen LogP contribution in [0.4, 0.5) is 5.82 Å². The number of nitrogens with one attached hydrogen (secondary N) is 1. The Morgan fingerprint density at radius 2 is 2.10 bits per heavy atom. The van der Waals surface area contributed by atoms with Gasteiger partial charge < -0.3 is 19.5 Å². The quantitative estimate of drug-likeness (QED) is 0.804. The van der Waals surface area contributed by atoms with Crippen molar-refractivity contribution in [3.8, 4) is 11.5 Å². The van der Waals surface area contributed by atoms with Crippen LogP contribution in [0.15, 0.2) is 18.2 Å². The van der Waals surface area contributed by atoms with E-state index >= 15 is 0 Å². The largest absolute Gasteiger partial charge is 0.454 e. The zero-order valence-electron chi connectivity index (χ0n) is 16.9. The van der Waals surface area contributed by atoms with Gasteiger partial charge in [-0.2, -0.15) is 5.10 Å². The molecule has 8 heteroatoms. The van der Waals surface area contributed by atoms with Gasteiger partial charge in [-0.25, -0.2) is 4.68 Å². The smallest absolute Gasteiger partial charge is 0.235 e. The third-order valence-electron chi connectivity index (χ3n) is 5.75. The van der Waals surface area contributed by atoms with E-state index in [1.807, 2.05) is 23.7 Å². The van der Waals surface area contributed by atoms with Gasteiger partial charge in [0.2, 0.25) is 12.7 Å². The first-order valence-corrected chi connectivity index (χ1v) is 11.0. The second kappa shape index (κ2) is 6.95. The minimum atomic E-state index is -0.199. The number of thioether (sulfide) groups is 1. The molecule has 0 saturated carbocycles.